The fourth-order valence-electron chi connectivity index (χ4n) is 8.53. The second-order valence-electron chi connectivity index (χ2n) is 20.1. The minimum Gasteiger partial charge on any atom is -0.454 e. The zero-order valence-corrected chi connectivity index (χ0v) is 47.1. The van der Waals surface area contributed by atoms with Crippen LogP contribution < -0.4 is 5.32 Å². The fraction of sp³-hybridized carbons (Fsp3) is 0.688. The van der Waals surface area contributed by atoms with E-state index in [1.165, 1.54) is 77.0 Å². The monoisotopic (exact) mass is 1050 g/mol. The number of aliphatic hydroxyl groups excluding tert-OH is 5. The number of hydrogen-bond donors (Lipinski definition) is 6. The molecule has 8 atom stereocenters. The summed E-state index contributed by atoms with van der Waals surface area (Å²) in [6, 6.07) is -1.05. The summed E-state index contributed by atoms with van der Waals surface area (Å²) in [5.41, 5.74) is 0. The molecule has 0 aliphatic carbocycles. The Kier molecular flexibility index (Phi) is 47.2. The highest BCUT2D eigenvalue weighted by Gasteiger charge is 2.47. The van der Waals surface area contributed by atoms with Gasteiger partial charge in [-0.05, 0) is 89.9 Å². The number of nitrogens with one attached hydrogen (secondary N) is 1. The Bertz CT molecular complexity index is 1630. The molecule has 1 fully saturated rings. The number of carbonyl (C=O) groups excluding carboxylic acids is 2. The number of aliphatic hydroxyl groups is 5. The van der Waals surface area contributed by atoms with E-state index >= 15 is 0 Å². The van der Waals surface area contributed by atoms with Crippen LogP contribution in [0, 0.1) is 0 Å². The Morgan fingerprint density at radius 3 is 1.59 bits per heavy atom. The van der Waals surface area contributed by atoms with Gasteiger partial charge in [0.05, 0.1) is 25.4 Å². The average Bonchev–Trinajstić information content (AvgIpc) is 3.41. The first kappa shape index (κ1) is 69.3. The molecule has 1 rings (SSSR count). The van der Waals surface area contributed by atoms with Crippen LogP contribution in [0.1, 0.15) is 220 Å². The number of ether oxygens (including phenoxy) is 3. The molecule has 1 aliphatic rings. The van der Waals surface area contributed by atoms with Crippen molar-refractivity contribution in [1.82, 2.24) is 5.32 Å². The number of unbranched alkanes of at least 4 members (excludes halogenated alkanes) is 21. The largest absolute Gasteiger partial charge is 0.454 e. The lowest BCUT2D eigenvalue weighted by atomic mass is 9.99. The third-order valence-corrected chi connectivity index (χ3v) is 13.3. The van der Waals surface area contributed by atoms with Gasteiger partial charge in [0.15, 0.2) is 12.4 Å². The Balaban J connectivity index is 2.73. The van der Waals surface area contributed by atoms with E-state index in [1.807, 2.05) is 48.6 Å². The van der Waals surface area contributed by atoms with Gasteiger partial charge in [0.1, 0.15) is 24.4 Å². The number of allylic oxidation sites excluding steroid dienone is 17. The molecular formula is C64H107NO10. The van der Waals surface area contributed by atoms with Gasteiger partial charge in [-0.25, -0.2) is 0 Å². The Labute approximate surface area is 456 Å². The molecule has 0 spiro atoms. The topological polar surface area (TPSA) is 175 Å². The van der Waals surface area contributed by atoms with E-state index in [4.69, 9.17) is 14.2 Å². The predicted octanol–water partition coefficient (Wildman–Crippen LogP) is 13.7. The van der Waals surface area contributed by atoms with Crippen molar-refractivity contribution in [3.63, 3.8) is 0 Å². The molecule has 11 heteroatoms. The lowest BCUT2D eigenvalue weighted by Gasteiger charge is -2.41. The Morgan fingerprint density at radius 2 is 1.01 bits per heavy atom. The van der Waals surface area contributed by atoms with Gasteiger partial charge in [-0.1, -0.05) is 233 Å². The molecule has 75 heavy (non-hydrogen) atoms. The summed E-state index contributed by atoms with van der Waals surface area (Å²) in [6.07, 6.45) is 58.4. The predicted molar refractivity (Wildman–Crippen MR) is 310 cm³/mol. The van der Waals surface area contributed by atoms with Crippen molar-refractivity contribution in [2.24, 2.45) is 0 Å². The van der Waals surface area contributed by atoms with Crippen molar-refractivity contribution in [3.05, 3.63) is 109 Å². The van der Waals surface area contributed by atoms with Gasteiger partial charge in [-0.2, -0.15) is 0 Å². The van der Waals surface area contributed by atoms with Crippen molar-refractivity contribution >= 4 is 11.9 Å². The molecule has 11 nitrogen and oxygen atoms in total. The number of amides is 1. The highest BCUT2D eigenvalue weighted by molar-refractivity contribution is 5.80. The second-order valence-corrected chi connectivity index (χ2v) is 20.1. The fourth-order valence-corrected chi connectivity index (χ4v) is 8.53. The molecule has 0 aromatic rings. The first-order valence-corrected chi connectivity index (χ1v) is 29.7. The maximum absolute atomic E-state index is 13.3. The molecule has 1 aliphatic heterocycles. The summed E-state index contributed by atoms with van der Waals surface area (Å²) in [7, 11) is 0. The minimum absolute atomic E-state index is 0.0912. The molecule has 6 N–H and O–H groups in total. The third-order valence-electron chi connectivity index (χ3n) is 13.3. The molecule has 1 amide bonds. The molecule has 428 valence electrons. The summed E-state index contributed by atoms with van der Waals surface area (Å²) < 4.78 is 17.6. The van der Waals surface area contributed by atoms with E-state index in [9.17, 15) is 35.1 Å². The zero-order valence-electron chi connectivity index (χ0n) is 47.1. The molecule has 0 bridgehead atoms. The van der Waals surface area contributed by atoms with Gasteiger partial charge in [-0.15, -0.1) is 0 Å². The smallest absolute Gasteiger partial charge is 0.306 e. The molecule has 8 unspecified atom stereocenters. The third kappa shape index (κ3) is 39.4. The Hall–Kier alpha value is -3.68. The first-order chi connectivity index (χ1) is 36.7. The highest BCUT2D eigenvalue weighted by atomic mass is 16.7. The van der Waals surface area contributed by atoms with E-state index in [1.54, 1.807) is 6.08 Å². The number of hydrogen-bond acceptors (Lipinski definition) is 10. The van der Waals surface area contributed by atoms with Crippen LogP contribution in [0.5, 0.6) is 0 Å². The lowest BCUT2D eigenvalue weighted by molar-refractivity contribution is -0.305. The van der Waals surface area contributed by atoms with Crippen molar-refractivity contribution < 1.29 is 49.3 Å². The van der Waals surface area contributed by atoms with Crippen LogP contribution in [0.25, 0.3) is 0 Å². The van der Waals surface area contributed by atoms with E-state index in [2.05, 4.69) is 80.8 Å². The van der Waals surface area contributed by atoms with Crippen LogP contribution >= 0.6 is 0 Å². The van der Waals surface area contributed by atoms with Crippen LogP contribution in [-0.4, -0.2) is 99.6 Å². The number of esters is 1. The number of rotatable bonds is 48. The van der Waals surface area contributed by atoms with Gasteiger partial charge in [-0.3, -0.25) is 9.59 Å². The van der Waals surface area contributed by atoms with E-state index in [0.29, 0.717) is 12.8 Å². The molecule has 1 heterocycles. The average molecular weight is 1050 g/mol. The SMILES string of the molecule is CC/C=C/C=C/C=C\C=C/CCCCC(O)C(=O)NC(COC1OC(CO)C(O)C(O)C1OC(=O)CCCCCCC/C=C\C/C=C\C/C=C\C/C=C\CCCCC)C(O)/C=C/CCCCCCCCCCCCC. The molecule has 0 saturated carbocycles. The van der Waals surface area contributed by atoms with Gasteiger partial charge >= 0.3 is 5.97 Å². The first-order valence-electron chi connectivity index (χ1n) is 29.7. The normalized spacial score (nSPS) is 20.0. The van der Waals surface area contributed by atoms with Gasteiger partial charge in [0.25, 0.3) is 0 Å². The molecular weight excluding hydrogens is 943 g/mol. The molecule has 0 aromatic carbocycles. The zero-order chi connectivity index (χ0) is 54.7. The summed E-state index contributed by atoms with van der Waals surface area (Å²) in [5, 5.41) is 56.8. The lowest BCUT2D eigenvalue weighted by Crippen LogP contribution is -2.61. The van der Waals surface area contributed by atoms with E-state index in [0.717, 1.165) is 96.3 Å². The standard InChI is InChI=1S/C64H107NO10/c1-4-7-10-13-16-19-22-25-26-27-28-29-30-31-32-34-37-40-43-46-49-52-59(69)75-62-61(71)60(70)58(53-66)74-64(62)73-54-55(56(67)50-47-44-41-38-36-33-23-20-17-14-11-8-5-2)65-63(72)57(68)51-48-45-42-39-35-24-21-18-15-12-9-6-3/h9,12,15-16,18-19,21,24-26,28-29,31-32,35,39,47,50,55-58,60-62,64,66-68,70-71H,4-8,10-11,13-14,17,20,22-23,27,30,33-34,36-38,40-46,48-49,51-54H2,1-3H3,(H,65,72)/b12-9+,18-15+,19-16-,24-21-,26-25-,29-28-,32-31-,39-35-,50-47+. The van der Waals surface area contributed by atoms with Crippen LogP contribution in [0.4, 0.5) is 0 Å². The summed E-state index contributed by atoms with van der Waals surface area (Å²) in [6.45, 7) is 5.56. The molecule has 1 saturated heterocycles. The summed E-state index contributed by atoms with van der Waals surface area (Å²) >= 11 is 0. The Morgan fingerprint density at radius 1 is 0.547 bits per heavy atom. The van der Waals surface area contributed by atoms with E-state index < -0.39 is 67.4 Å². The van der Waals surface area contributed by atoms with Crippen LogP contribution in [0.3, 0.4) is 0 Å². The maximum Gasteiger partial charge on any atom is 0.306 e. The van der Waals surface area contributed by atoms with Gasteiger partial charge < -0.3 is 45.1 Å². The summed E-state index contributed by atoms with van der Waals surface area (Å²) in [4.78, 5) is 26.5. The van der Waals surface area contributed by atoms with Crippen molar-refractivity contribution in [3.8, 4) is 0 Å². The van der Waals surface area contributed by atoms with Crippen LogP contribution in [0.15, 0.2) is 109 Å². The minimum atomic E-state index is -1.64. The van der Waals surface area contributed by atoms with Crippen molar-refractivity contribution in [1.29, 1.82) is 0 Å². The quantitative estimate of drug-likeness (QED) is 0.0149. The van der Waals surface area contributed by atoms with E-state index in [-0.39, 0.29) is 19.4 Å². The van der Waals surface area contributed by atoms with Gasteiger partial charge in [0.2, 0.25) is 5.91 Å². The molecule has 0 radical (unpaired) electrons. The van der Waals surface area contributed by atoms with Crippen LogP contribution in [-0.2, 0) is 23.8 Å². The molecule has 0 aromatic heterocycles. The van der Waals surface area contributed by atoms with Gasteiger partial charge in [0, 0.05) is 6.42 Å². The second kappa shape index (κ2) is 51.1. The van der Waals surface area contributed by atoms with Crippen LogP contribution in [0.2, 0.25) is 0 Å². The number of carbonyl (C=O) groups is 2. The van der Waals surface area contributed by atoms with Crippen molar-refractivity contribution in [2.75, 3.05) is 13.2 Å². The maximum atomic E-state index is 13.3. The summed E-state index contributed by atoms with van der Waals surface area (Å²) in [5.74, 6) is -1.26. The highest BCUT2D eigenvalue weighted by Crippen LogP contribution is 2.26. The van der Waals surface area contributed by atoms with Crippen molar-refractivity contribution in [2.45, 2.75) is 269 Å².